The first-order valence-corrected chi connectivity index (χ1v) is 7.44. The molecule has 136 valence electrons. The Bertz CT molecular complexity index is 1050. The maximum absolute atomic E-state index is 12.5. The lowest BCUT2D eigenvalue weighted by Gasteiger charge is -2.14. The Balaban J connectivity index is 2.36. The van der Waals surface area contributed by atoms with E-state index in [1.807, 2.05) is 0 Å². The Labute approximate surface area is 147 Å². The van der Waals surface area contributed by atoms with E-state index < -0.39 is 16.9 Å². The van der Waals surface area contributed by atoms with Crippen LogP contribution in [0.1, 0.15) is 0 Å². The lowest BCUT2D eigenvalue weighted by Crippen LogP contribution is -2.03. The number of phenols is 3. The van der Waals surface area contributed by atoms with E-state index in [4.69, 9.17) is 18.6 Å². The lowest BCUT2D eigenvalue weighted by atomic mass is 10.1. The van der Waals surface area contributed by atoms with Gasteiger partial charge in [0.1, 0.15) is 11.1 Å². The second kappa shape index (κ2) is 6.40. The molecule has 0 aliphatic carbocycles. The third-order valence-corrected chi connectivity index (χ3v) is 3.91. The smallest absolute Gasteiger partial charge is 0.211 e. The molecule has 0 saturated heterocycles. The standard InChI is InChI=1S/C18H16O8/c1-23-11-5-4-8(6-9(11)19)12-7-10(20)13-14(21)15(22)17(24-2)18(25-3)16(13)26-12/h4-7,19,21-22H,1-3H3. The SMILES string of the molecule is COc1ccc(-c2cc(=O)c3c(O)c(O)c(OC)c(OC)c3o2)cc1O. The number of aromatic hydroxyl groups is 3. The van der Waals surface area contributed by atoms with Crippen LogP contribution in [0.25, 0.3) is 22.3 Å². The van der Waals surface area contributed by atoms with E-state index in [0.29, 0.717) is 5.56 Å². The summed E-state index contributed by atoms with van der Waals surface area (Å²) in [5.74, 6) is -1.27. The number of ether oxygens (including phenoxy) is 3. The summed E-state index contributed by atoms with van der Waals surface area (Å²) in [6, 6.07) is 5.61. The fourth-order valence-electron chi connectivity index (χ4n) is 2.67. The molecule has 2 aromatic carbocycles. The largest absolute Gasteiger partial charge is 0.504 e. The molecule has 3 aromatic rings. The van der Waals surface area contributed by atoms with E-state index in [2.05, 4.69) is 0 Å². The molecule has 0 unspecified atom stereocenters. The normalized spacial score (nSPS) is 10.7. The van der Waals surface area contributed by atoms with Crippen LogP contribution in [0.3, 0.4) is 0 Å². The van der Waals surface area contributed by atoms with Crippen molar-refractivity contribution in [2.24, 2.45) is 0 Å². The van der Waals surface area contributed by atoms with Crippen molar-refractivity contribution in [3.8, 4) is 45.8 Å². The Hall–Kier alpha value is -3.55. The minimum absolute atomic E-state index is 0.0468. The predicted octanol–water partition coefficient (Wildman–Crippen LogP) is 2.60. The van der Waals surface area contributed by atoms with Crippen molar-refractivity contribution in [2.45, 2.75) is 0 Å². The van der Waals surface area contributed by atoms with Gasteiger partial charge in [0.2, 0.25) is 17.2 Å². The topological polar surface area (TPSA) is 119 Å². The summed E-state index contributed by atoms with van der Waals surface area (Å²) in [7, 11) is 3.99. The van der Waals surface area contributed by atoms with Gasteiger partial charge in [0.15, 0.2) is 28.3 Å². The summed E-state index contributed by atoms with van der Waals surface area (Å²) >= 11 is 0. The summed E-state index contributed by atoms with van der Waals surface area (Å²) in [5.41, 5.74) is -0.307. The Kier molecular flexibility index (Phi) is 4.25. The summed E-state index contributed by atoms with van der Waals surface area (Å²) < 4.78 is 20.9. The fraction of sp³-hybridized carbons (Fsp3) is 0.167. The van der Waals surface area contributed by atoms with Crippen LogP contribution in [-0.4, -0.2) is 36.6 Å². The Morgan fingerprint density at radius 3 is 2.15 bits per heavy atom. The van der Waals surface area contributed by atoms with Gasteiger partial charge in [-0.2, -0.15) is 0 Å². The van der Waals surface area contributed by atoms with Crippen LogP contribution in [0.5, 0.6) is 34.5 Å². The molecule has 0 bridgehead atoms. The van der Waals surface area contributed by atoms with Crippen LogP contribution in [0, 0.1) is 0 Å². The monoisotopic (exact) mass is 360 g/mol. The van der Waals surface area contributed by atoms with E-state index in [0.717, 1.165) is 6.07 Å². The summed E-state index contributed by atoms with van der Waals surface area (Å²) in [6.07, 6.45) is 0. The second-order valence-electron chi connectivity index (χ2n) is 5.33. The highest BCUT2D eigenvalue weighted by Gasteiger charge is 2.25. The van der Waals surface area contributed by atoms with Gasteiger partial charge in [0, 0.05) is 11.6 Å². The number of hydrogen-bond donors (Lipinski definition) is 3. The first-order valence-electron chi connectivity index (χ1n) is 7.44. The quantitative estimate of drug-likeness (QED) is 0.608. The van der Waals surface area contributed by atoms with Crippen molar-refractivity contribution >= 4 is 11.0 Å². The van der Waals surface area contributed by atoms with Gasteiger partial charge in [-0.1, -0.05) is 0 Å². The molecule has 0 atom stereocenters. The molecule has 0 fully saturated rings. The Morgan fingerprint density at radius 2 is 1.58 bits per heavy atom. The van der Waals surface area contributed by atoms with Crippen molar-refractivity contribution in [2.75, 3.05) is 21.3 Å². The van der Waals surface area contributed by atoms with Crippen LogP contribution >= 0.6 is 0 Å². The van der Waals surface area contributed by atoms with Crippen LogP contribution in [0.2, 0.25) is 0 Å². The molecule has 0 aliphatic rings. The number of methoxy groups -OCH3 is 3. The van der Waals surface area contributed by atoms with Gasteiger partial charge in [-0.25, -0.2) is 0 Å². The zero-order valence-electron chi connectivity index (χ0n) is 14.2. The average Bonchev–Trinajstić information content (AvgIpc) is 2.63. The van der Waals surface area contributed by atoms with Crippen LogP contribution in [0.4, 0.5) is 0 Å². The van der Waals surface area contributed by atoms with Gasteiger partial charge < -0.3 is 33.9 Å². The maximum atomic E-state index is 12.5. The molecule has 0 amide bonds. The number of benzene rings is 2. The van der Waals surface area contributed by atoms with Crippen molar-refractivity contribution in [1.29, 1.82) is 0 Å². The molecule has 0 spiro atoms. The molecule has 1 aromatic heterocycles. The van der Waals surface area contributed by atoms with E-state index >= 15 is 0 Å². The number of phenolic OH excluding ortho intramolecular Hbond substituents is 3. The zero-order chi connectivity index (χ0) is 19.0. The van der Waals surface area contributed by atoms with E-state index in [9.17, 15) is 20.1 Å². The number of fused-ring (bicyclic) bond motifs is 1. The number of rotatable bonds is 4. The highest BCUT2D eigenvalue weighted by Crippen LogP contribution is 2.49. The first kappa shape index (κ1) is 17.3. The summed E-state index contributed by atoms with van der Waals surface area (Å²) in [5, 5.41) is 29.9. The molecule has 8 heteroatoms. The summed E-state index contributed by atoms with van der Waals surface area (Å²) in [6.45, 7) is 0. The molecular formula is C18H16O8. The van der Waals surface area contributed by atoms with Crippen LogP contribution in [-0.2, 0) is 0 Å². The minimum atomic E-state index is -0.671. The third-order valence-electron chi connectivity index (χ3n) is 3.91. The maximum Gasteiger partial charge on any atom is 0.211 e. The fourth-order valence-corrected chi connectivity index (χ4v) is 2.67. The van der Waals surface area contributed by atoms with Crippen LogP contribution < -0.4 is 19.6 Å². The van der Waals surface area contributed by atoms with Gasteiger partial charge >= 0.3 is 0 Å². The third kappa shape index (κ3) is 2.52. The minimum Gasteiger partial charge on any atom is -0.504 e. The summed E-state index contributed by atoms with van der Waals surface area (Å²) in [4.78, 5) is 12.5. The van der Waals surface area contributed by atoms with Gasteiger partial charge in [-0.05, 0) is 18.2 Å². The predicted molar refractivity (Wildman–Crippen MR) is 92.6 cm³/mol. The molecular weight excluding hydrogens is 344 g/mol. The van der Waals surface area contributed by atoms with Gasteiger partial charge in [-0.15, -0.1) is 0 Å². The van der Waals surface area contributed by atoms with Crippen LogP contribution in [0.15, 0.2) is 33.5 Å². The van der Waals surface area contributed by atoms with Crippen molar-refractivity contribution in [3.05, 3.63) is 34.5 Å². The van der Waals surface area contributed by atoms with Gasteiger partial charge in [0.25, 0.3) is 0 Å². The van der Waals surface area contributed by atoms with E-state index in [-0.39, 0.29) is 39.7 Å². The van der Waals surface area contributed by atoms with Crippen molar-refractivity contribution in [1.82, 2.24) is 0 Å². The average molecular weight is 360 g/mol. The van der Waals surface area contributed by atoms with Gasteiger partial charge in [0.05, 0.1) is 21.3 Å². The Morgan fingerprint density at radius 1 is 0.885 bits per heavy atom. The molecule has 0 radical (unpaired) electrons. The van der Waals surface area contributed by atoms with Gasteiger partial charge in [-0.3, -0.25) is 4.79 Å². The molecule has 3 rings (SSSR count). The first-order chi connectivity index (χ1) is 12.4. The second-order valence-corrected chi connectivity index (χ2v) is 5.33. The molecule has 26 heavy (non-hydrogen) atoms. The lowest BCUT2D eigenvalue weighted by molar-refractivity contribution is 0.321. The highest BCUT2D eigenvalue weighted by molar-refractivity contribution is 5.95. The van der Waals surface area contributed by atoms with Crippen molar-refractivity contribution < 1.29 is 33.9 Å². The molecule has 1 heterocycles. The van der Waals surface area contributed by atoms with E-state index in [1.165, 1.54) is 33.5 Å². The highest BCUT2D eigenvalue weighted by atomic mass is 16.5. The number of hydrogen-bond acceptors (Lipinski definition) is 8. The molecule has 3 N–H and O–H groups in total. The molecule has 8 nitrogen and oxygen atoms in total. The molecule has 0 aliphatic heterocycles. The van der Waals surface area contributed by atoms with Crippen molar-refractivity contribution in [3.63, 3.8) is 0 Å². The zero-order valence-corrected chi connectivity index (χ0v) is 14.2. The van der Waals surface area contributed by atoms with E-state index in [1.54, 1.807) is 6.07 Å². The molecule has 0 saturated carbocycles.